The SMILES string of the molecule is CC(C)CN(C)c1nc(C(C)(C)C)c(CNC(C)C)s1. The van der Waals surface area contributed by atoms with Crippen LogP contribution in [0, 0.1) is 5.92 Å². The van der Waals surface area contributed by atoms with Crippen LogP contribution >= 0.6 is 11.3 Å². The van der Waals surface area contributed by atoms with Crippen LogP contribution in [0.4, 0.5) is 5.13 Å². The minimum Gasteiger partial charge on any atom is -0.351 e. The third kappa shape index (κ3) is 5.06. The quantitative estimate of drug-likeness (QED) is 0.859. The minimum absolute atomic E-state index is 0.0986. The Morgan fingerprint density at radius 2 is 1.80 bits per heavy atom. The maximum absolute atomic E-state index is 4.92. The van der Waals surface area contributed by atoms with E-state index in [0.717, 1.165) is 18.2 Å². The summed E-state index contributed by atoms with van der Waals surface area (Å²) in [4.78, 5) is 8.57. The van der Waals surface area contributed by atoms with E-state index in [4.69, 9.17) is 4.98 Å². The van der Waals surface area contributed by atoms with Crippen LogP contribution in [-0.4, -0.2) is 24.6 Å². The molecule has 20 heavy (non-hydrogen) atoms. The molecule has 0 unspecified atom stereocenters. The van der Waals surface area contributed by atoms with Gasteiger partial charge in [-0.3, -0.25) is 0 Å². The average molecular weight is 298 g/mol. The zero-order valence-electron chi connectivity index (χ0n) is 14.4. The number of hydrogen-bond acceptors (Lipinski definition) is 4. The molecule has 0 atom stereocenters. The van der Waals surface area contributed by atoms with E-state index in [-0.39, 0.29) is 5.41 Å². The zero-order valence-corrected chi connectivity index (χ0v) is 15.2. The molecule has 1 aromatic heterocycles. The predicted molar refractivity (Wildman–Crippen MR) is 90.9 cm³/mol. The molecule has 0 saturated heterocycles. The predicted octanol–water partition coefficient (Wildman–Crippen LogP) is 4.03. The summed E-state index contributed by atoms with van der Waals surface area (Å²) >= 11 is 1.83. The van der Waals surface area contributed by atoms with E-state index < -0.39 is 0 Å². The van der Waals surface area contributed by atoms with Crippen LogP contribution in [0.15, 0.2) is 0 Å². The Balaban J connectivity index is 2.99. The van der Waals surface area contributed by atoms with Gasteiger partial charge >= 0.3 is 0 Å². The minimum atomic E-state index is 0.0986. The Morgan fingerprint density at radius 1 is 1.20 bits per heavy atom. The molecule has 116 valence electrons. The topological polar surface area (TPSA) is 28.2 Å². The van der Waals surface area contributed by atoms with E-state index in [1.807, 2.05) is 11.3 Å². The van der Waals surface area contributed by atoms with Gasteiger partial charge in [0.1, 0.15) is 0 Å². The van der Waals surface area contributed by atoms with Crippen LogP contribution in [0.2, 0.25) is 0 Å². The van der Waals surface area contributed by atoms with Crippen molar-refractivity contribution >= 4 is 16.5 Å². The molecule has 1 heterocycles. The first-order valence-corrected chi connectivity index (χ1v) is 8.37. The molecule has 1 aromatic rings. The second-order valence-corrected chi connectivity index (χ2v) is 8.39. The van der Waals surface area contributed by atoms with Crippen LogP contribution in [-0.2, 0) is 12.0 Å². The largest absolute Gasteiger partial charge is 0.351 e. The Bertz CT molecular complexity index is 416. The molecule has 0 fully saturated rings. The highest BCUT2D eigenvalue weighted by atomic mass is 32.1. The van der Waals surface area contributed by atoms with Crippen molar-refractivity contribution in [3.05, 3.63) is 10.6 Å². The first-order valence-electron chi connectivity index (χ1n) is 7.56. The van der Waals surface area contributed by atoms with Crippen LogP contribution in [0.25, 0.3) is 0 Å². The van der Waals surface area contributed by atoms with Crippen molar-refractivity contribution in [1.29, 1.82) is 0 Å². The van der Waals surface area contributed by atoms with Crippen LogP contribution in [0.1, 0.15) is 59.0 Å². The highest BCUT2D eigenvalue weighted by Crippen LogP contribution is 2.33. The van der Waals surface area contributed by atoms with E-state index in [1.54, 1.807) is 0 Å². The molecule has 3 nitrogen and oxygen atoms in total. The fourth-order valence-corrected chi connectivity index (χ4v) is 3.32. The lowest BCUT2D eigenvalue weighted by atomic mass is 9.91. The highest BCUT2D eigenvalue weighted by molar-refractivity contribution is 7.15. The van der Waals surface area contributed by atoms with Crippen molar-refractivity contribution in [2.24, 2.45) is 5.92 Å². The van der Waals surface area contributed by atoms with Gasteiger partial charge in [0.15, 0.2) is 5.13 Å². The highest BCUT2D eigenvalue weighted by Gasteiger charge is 2.24. The van der Waals surface area contributed by atoms with Gasteiger partial charge in [-0.05, 0) is 5.92 Å². The third-order valence-electron chi connectivity index (χ3n) is 3.03. The van der Waals surface area contributed by atoms with Crippen molar-refractivity contribution in [3.8, 4) is 0 Å². The monoisotopic (exact) mass is 297 g/mol. The standard InChI is InChI=1S/C16H31N3S/c1-11(2)10-19(8)15-18-14(16(5,6)7)13(20-15)9-17-12(3)4/h11-12,17H,9-10H2,1-8H3. The Kier molecular flexibility index (Phi) is 6.02. The molecule has 1 N–H and O–H groups in total. The summed E-state index contributed by atoms with van der Waals surface area (Å²) in [6.45, 7) is 17.6. The van der Waals surface area contributed by atoms with Gasteiger partial charge in [0, 0.05) is 36.5 Å². The van der Waals surface area contributed by atoms with Crippen molar-refractivity contribution in [2.75, 3.05) is 18.5 Å². The summed E-state index contributed by atoms with van der Waals surface area (Å²) in [5.41, 5.74) is 1.34. The summed E-state index contributed by atoms with van der Waals surface area (Å²) in [7, 11) is 2.14. The molecule has 0 aliphatic carbocycles. The molecule has 0 aliphatic rings. The molecule has 0 bridgehead atoms. The summed E-state index contributed by atoms with van der Waals surface area (Å²) < 4.78 is 0. The number of aromatic nitrogens is 1. The molecular weight excluding hydrogens is 266 g/mol. The number of thiazole rings is 1. The summed E-state index contributed by atoms with van der Waals surface area (Å²) in [6, 6.07) is 0.502. The summed E-state index contributed by atoms with van der Waals surface area (Å²) in [6.07, 6.45) is 0. The van der Waals surface area contributed by atoms with E-state index in [0.29, 0.717) is 12.0 Å². The Hall–Kier alpha value is -0.610. The molecule has 0 spiro atoms. The van der Waals surface area contributed by atoms with E-state index in [9.17, 15) is 0 Å². The number of nitrogens with zero attached hydrogens (tertiary/aromatic N) is 2. The van der Waals surface area contributed by atoms with Gasteiger partial charge in [0.2, 0.25) is 0 Å². The smallest absolute Gasteiger partial charge is 0.185 e. The van der Waals surface area contributed by atoms with Crippen LogP contribution in [0.3, 0.4) is 0 Å². The second kappa shape index (κ2) is 6.90. The maximum atomic E-state index is 4.92. The van der Waals surface area contributed by atoms with Gasteiger partial charge in [-0.15, -0.1) is 11.3 Å². The van der Waals surface area contributed by atoms with Gasteiger partial charge in [-0.1, -0.05) is 48.5 Å². The summed E-state index contributed by atoms with van der Waals surface area (Å²) in [5, 5.41) is 4.66. The first kappa shape index (κ1) is 17.4. The molecule has 0 aliphatic heterocycles. The third-order valence-corrected chi connectivity index (χ3v) is 4.20. The normalized spacial score (nSPS) is 12.5. The van der Waals surface area contributed by atoms with E-state index in [2.05, 4.69) is 65.7 Å². The number of nitrogens with one attached hydrogen (secondary N) is 1. The van der Waals surface area contributed by atoms with E-state index in [1.165, 1.54) is 10.6 Å². The fraction of sp³-hybridized carbons (Fsp3) is 0.812. The van der Waals surface area contributed by atoms with Crippen LogP contribution < -0.4 is 10.2 Å². The number of rotatable bonds is 6. The van der Waals surface area contributed by atoms with Gasteiger partial charge in [0.25, 0.3) is 0 Å². The molecule has 0 aromatic carbocycles. The first-order chi connectivity index (χ1) is 9.11. The molecule has 0 saturated carbocycles. The zero-order chi connectivity index (χ0) is 15.5. The van der Waals surface area contributed by atoms with Crippen molar-refractivity contribution in [2.45, 2.75) is 66.5 Å². The Morgan fingerprint density at radius 3 is 2.25 bits per heavy atom. The maximum Gasteiger partial charge on any atom is 0.185 e. The van der Waals surface area contributed by atoms with Gasteiger partial charge in [-0.25, -0.2) is 4.98 Å². The number of anilines is 1. The lowest BCUT2D eigenvalue weighted by Crippen LogP contribution is -2.24. The molecule has 0 radical (unpaired) electrons. The lowest BCUT2D eigenvalue weighted by molar-refractivity contribution is 0.545. The average Bonchev–Trinajstić information content (AvgIpc) is 2.68. The fourth-order valence-electron chi connectivity index (χ4n) is 2.13. The van der Waals surface area contributed by atoms with E-state index >= 15 is 0 Å². The van der Waals surface area contributed by atoms with Crippen LogP contribution in [0.5, 0.6) is 0 Å². The molecular formula is C16H31N3S. The van der Waals surface area contributed by atoms with Gasteiger partial charge in [0.05, 0.1) is 5.69 Å². The molecule has 0 amide bonds. The second-order valence-electron chi connectivity index (χ2n) is 7.33. The summed E-state index contributed by atoms with van der Waals surface area (Å²) in [5.74, 6) is 0.652. The lowest BCUT2D eigenvalue weighted by Gasteiger charge is -2.19. The molecule has 1 rings (SSSR count). The molecule has 4 heteroatoms. The Labute approximate surface area is 128 Å². The van der Waals surface area contributed by atoms with Crippen molar-refractivity contribution < 1.29 is 0 Å². The van der Waals surface area contributed by atoms with Crippen molar-refractivity contribution in [1.82, 2.24) is 10.3 Å². The van der Waals surface area contributed by atoms with Gasteiger partial charge in [-0.2, -0.15) is 0 Å². The number of hydrogen-bond donors (Lipinski definition) is 1. The van der Waals surface area contributed by atoms with Gasteiger partial charge < -0.3 is 10.2 Å². The van der Waals surface area contributed by atoms with Crippen molar-refractivity contribution in [3.63, 3.8) is 0 Å².